The van der Waals surface area contributed by atoms with E-state index >= 15 is 0 Å². The highest BCUT2D eigenvalue weighted by atomic mass is 19.1. The molecule has 0 aliphatic heterocycles. The van der Waals surface area contributed by atoms with E-state index in [-0.39, 0.29) is 5.82 Å². The number of aromatic nitrogens is 2. The highest BCUT2D eigenvalue weighted by molar-refractivity contribution is 5.55. The van der Waals surface area contributed by atoms with Crippen molar-refractivity contribution in [2.45, 2.75) is 32.4 Å². The van der Waals surface area contributed by atoms with Crippen LogP contribution in [0.5, 0.6) is 0 Å². The van der Waals surface area contributed by atoms with Gasteiger partial charge in [-0.15, -0.1) is 0 Å². The first-order valence-electron chi connectivity index (χ1n) is 6.05. The molecule has 0 saturated heterocycles. The highest BCUT2D eigenvalue weighted by Gasteiger charge is 2.21. The van der Waals surface area contributed by atoms with Crippen LogP contribution in [-0.4, -0.2) is 16.2 Å². The summed E-state index contributed by atoms with van der Waals surface area (Å²) in [6.07, 6.45) is 2.44. The molecule has 3 rings (SSSR count). The Morgan fingerprint density at radius 2 is 2.28 bits per heavy atom. The van der Waals surface area contributed by atoms with Crippen LogP contribution in [0.1, 0.15) is 24.3 Å². The minimum atomic E-state index is -0.224. The molecule has 18 heavy (non-hydrogen) atoms. The smallest absolute Gasteiger partial charge is 0.240 e. The predicted octanol–water partition coefficient (Wildman–Crippen LogP) is 2.44. The molecule has 5 heteroatoms. The van der Waals surface area contributed by atoms with Crippen LogP contribution in [0.25, 0.3) is 11.4 Å². The van der Waals surface area contributed by atoms with E-state index in [0.29, 0.717) is 29.9 Å². The van der Waals surface area contributed by atoms with Crippen LogP contribution < -0.4 is 5.32 Å². The van der Waals surface area contributed by atoms with Crippen LogP contribution in [-0.2, 0) is 6.54 Å². The van der Waals surface area contributed by atoms with Gasteiger partial charge in [0, 0.05) is 11.6 Å². The zero-order valence-corrected chi connectivity index (χ0v) is 10.1. The van der Waals surface area contributed by atoms with Gasteiger partial charge in [-0.05, 0) is 43.5 Å². The van der Waals surface area contributed by atoms with Crippen molar-refractivity contribution in [3.8, 4) is 11.4 Å². The third-order valence-electron chi connectivity index (χ3n) is 3.00. The number of aryl methyl sites for hydroxylation is 1. The van der Waals surface area contributed by atoms with Gasteiger partial charge in [0.2, 0.25) is 11.7 Å². The van der Waals surface area contributed by atoms with Gasteiger partial charge in [-0.1, -0.05) is 5.16 Å². The molecule has 0 radical (unpaired) electrons. The molecule has 1 N–H and O–H groups in total. The van der Waals surface area contributed by atoms with Crippen molar-refractivity contribution in [3.05, 3.63) is 35.5 Å². The fourth-order valence-corrected chi connectivity index (χ4v) is 1.75. The van der Waals surface area contributed by atoms with Crippen molar-refractivity contribution in [3.63, 3.8) is 0 Å². The normalized spacial score (nSPS) is 15.0. The van der Waals surface area contributed by atoms with Gasteiger partial charge < -0.3 is 9.84 Å². The fourth-order valence-electron chi connectivity index (χ4n) is 1.75. The van der Waals surface area contributed by atoms with Crippen molar-refractivity contribution >= 4 is 0 Å². The Balaban J connectivity index is 1.76. The molecule has 2 aromatic rings. The van der Waals surface area contributed by atoms with Gasteiger partial charge in [0.25, 0.3) is 0 Å². The molecule has 1 fully saturated rings. The molecule has 0 bridgehead atoms. The minimum absolute atomic E-state index is 0.224. The maximum Gasteiger partial charge on any atom is 0.240 e. The Hall–Kier alpha value is -1.75. The third-order valence-corrected chi connectivity index (χ3v) is 3.00. The van der Waals surface area contributed by atoms with Crippen molar-refractivity contribution in [2.24, 2.45) is 0 Å². The summed E-state index contributed by atoms with van der Waals surface area (Å²) in [5.41, 5.74) is 1.35. The first kappa shape index (κ1) is 11.3. The number of halogens is 1. The summed E-state index contributed by atoms with van der Waals surface area (Å²) in [7, 11) is 0. The molecule has 0 spiro atoms. The van der Waals surface area contributed by atoms with Crippen LogP contribution in [0.4, 0.5) is 4.39 Å². The molecule has 1 aromatic carbocycles. The summed E-state index contributed by atoms with van der Waals surface area (Å²) in [6.45, 7) is 2.31. The lowest BCUT2D eigenvalue weighted by Crippen LogP contribution is -2.15. The van der Waals surface area contributed by atoms with Crippen molar-refractivity contribution < 1.29 is 8.91 Å². The summed E-state index contributed by atoms with van der Waals surface area (Å²) >= 11 is 0. The number of benzene rings is 1. The van der Waals surface area contributed by atoms with Gasteiger partial charge in [-0.3, -0.25) is 0 Å². The van der Waals surface area contributed by atoms with E-state index < -0.39 is 0 Å². The summed E-state index contributed by atoms with van der Waals surface area (Å²) in [5.74, 6) is 0.849. The largest absolute Gasteiger partial charge is 0.338 e. The lowest BCUT2D eigenvalue weighted by atomic mass is 10.1. The topological polar surface area (TPSA) is 51.0 Å². The van der Waals surface area contributed by atoms with Crippen LogP contribution in [0.2, 0.25) is 0 Å². The summed E-state index contributed by atoms with van der Waals surface area (Å²) in [4.78, 5) is 4.29. The average molecular weight is 247 g/mol. The van der Waals surface area contributed by atoms with Gasteiger partial charge >= 0.3 is 0 Å². The average Bonchev–Trinajstić information content (AvgIpc) is 3.08. The van der Waals surface area contributed by atoms with Crippen LogP contribution >= 0.6 is 0 Å². The SMILES string of the molecule is Cc1cc(-c2noc(CNC3CC3)n2)ccc1F. The second kappa shape index (κ2) is 4.49. The van der Waals surface area contributed by atoms with Crippen LogP contribution in [0.3, 0.4) is 0 Å². The molecule has 1 aliphatic rings. The van der Waals surface area contributed by atoms with E-state index in [4.69, 9.17) is 4.52 Å². The van der Waals surface area contributed by atoms with E-state index in [1.807, 2.05) is 0 Å². The molecule has 1 saturated carbocycles. The van der Waals surface area contributed by atoms with E-state index in [1.165, 1.54) is 18.9 Å². The Bertz CT molecular complexity index is 563. The molecule has 0 atom stereocenters. The number of hydrogen-bond donors (Lipinski definition) is 1. The Morgan fingerprint density at radius 1 is 1.44 bits per heavy atom. The standard InChI is InChI=1S/C13H14FN3O/c1-8-6-9(2-5-11(8)14)13-16-12(18-17-13)7-15-10-3-4-10/h2,5-6,10,15H,3-4,7H2,1H3. The fraction of sp³-hybridized carbons (Fsp3) is 0.385. The van der Waals surface area contributed by atoms with Gasteiger partial charge in [-0.25, -0.2) is 4.39 Å². The Morgan fingerprint density at radius 3 is 3.00 bits per heavy atom. The van der Waals surface area contributed by atoms with Gasteiger partial charge in [-0.2, -0.15) is 4.98 Å². The Labute approximate surface area is 104 Å². The maximum absolute atomic E-state index is 13.2. The number of nitrogens with one attached hydrogen (secondary N) is 1. The second-order valence-electron chi connectivity index (χ2n) is 4.63. The molecule has 0 unspecified atom stereocenters. The lowest BCUT2D eigenvalue weighted by molar-refractivity contribution is 0.367. The van der Waals surface area contributed by atoms with E-state index in [1.54, 1.807) is 19.1 Å². The molecule has 1 aliphatic carbocycles. The van der Waals surface area contributed by atoms with Gasteiger partial charge in [0.15, 0.2) is 0 Å². The predicted molar refractivity (Wildman–Crippen MR) is 64.3 cm³/mol. The number of nitrogens with zero attached hydrogens (tertiary/aromatic N) is 2. The molecule has 94 valence electrons. The third kappa shape index (κ3) is 2.41. The van der Waals surface area contributed by atoms with Gasteiger partial charge in [0.1, 0.15) is 5.82 Å². The molecular formula is C13H14FN3O. The number of hydrogen-bond acceptors (Lipinski definition) is 4. The molecule has 4 nitrogen and oxygen atoms in total. The van der Waals surface area contributed by atoms with Gasteiger partial charge in [0.05, 0.1) is 6.54 Å². The lowest BCUT2D eigenvalue weighted by Gasteiger charge is -1.98. The molecule has 1 aromatic heterocycles. The van der Waals surface area contributed by atoms with E-state index in [2.05, 4.69) is 15.5 Å². The summed E-state index contributed by atoms with van der Waals surface area (Å²) in [6, 6.07) is 5.40. The van der Waals surface area contributed by atoms with Crippen molar-refractivity contribution in [1.82, 2.24) is 15.5 Å². The zero-order valence-electron chi connectivity index (χ0n) is 10.1. The van der Waals surface area contributed by atoms with Crippen LogP contribution in [0, 0.1) is 12.7 Å². The molecular weight excluding hydrogens is 233 g/mol. The second-order valence-corrected chi connectivity index (χ2v) is 4.63. The monoisotopic (exact) mass is 247 g/mol. The van der Waals surface area contributed by atoms with Crippen molar-refractivity contribution in [1.29, 1.82) is 0 Å². The van der Waals surface area contributed by atoms with E-state index in [9.17, 15) is 4.39 Å². The summed E-state index contributed by atoms with van der Waals surface area (Å²) in [5, 5.41) is 7.21. The highest BCUT2D eigenvalue weighted by Crippen LogP contribution is 2.21. The van der Waals surface area contributed by atoms with E-state index in [0.717, 1.165) is 5.56 Å². The molecule has 0 amide bonds. The van der Waals surface area contributed by atoms with Crippen LogP contribution in [0.15, 0.2) is 22.7 Å². The minimum Gasteiger partial charge on any atom is -0.338 e. The Kier molecular flexibility index (Phi) is 2.83. The number of rotatable bonds is 4. The maximum atomic E-state index is 13.2. The van der Waals surface area contributed by atoms with Crippen molar-refractivity contribution in [2.75, 3.05) is 0 Å². The summed E-state index contributed by atoms with van der Waals surface area (Å²) < 4.78 is 18.3. The first-order chi connectivity index (χ1) is 8.72. The molecule has 1 heterocycles. The zero-order chi connectivity index (χ0) is 12.5. The first-order valence-corrected chi connectivity index (χ1v) is 6.05. The quantitative estimate of drug-likeness (QED) is 0.901.